The number of hydrazine groups is 1. The Labute approximate surface area is 110 Å². The van der Waals surface area contributed by atoms with Crippen molar-refractivity contribution in [2.24, 2.45) is 11.8 Å². The number of nitrogens with two attached hydrogens (primary N) is 1. The van der Waals surface area contributed by atoms with Gasteiger partial charge in [-0.1, -0.05) is 13.3 Å². The highest BCUT2D eigenvalue weighted by molar-refractivity contribution is 5.77. The number of nitrogens with zero attached hydrogens (tertiary/aromatic N) is 2. The fourth-order valence-electron chi connectivity index (χ4n) is 3.17. The van der Waals surface area contributed by atoms with Crippen molar-refractivity contribution in [1.82, 2.24) is 15.2 Å². The summed E-state index contributed by atoms with van der Waals surface area (Å²) in [5.41, 5.74) is 2.24. The number of piperidine rings is 1. The van der Waals surface area contributed by atoms with Crippen molar-refractivity contribution in [3.63, 3.8) is 0 Å². The van der Waals surface area contributed by atoms with Gasteiger partial charge < -0.3 is 4.90 Å². The first kappa shape index (κ1) is 13.8. The van der Waals surface area contributed by atoms with Gasteiger partial charge in [-0.3, -0.25) is 15.1 Å². The van der Waals surface area contributed by atoms with E-state index in [-0.39, 0.29) is 11.8 Å². The zero-order chi connectivity index (χ0) is 13.0. The molecular formula is C13H26N4O. The molecule has 0 aromatic heterocycles. The second-order valence-electron chi connectivity index (χ2n) is 5.71. The van der Waals surface area contributed by atoms with Crippen LogP contribution in [0.25, 0.3) is 0 Å². The molecule has 0 radical (unpaired) electrons. The van der Waals surface area contributed by atoms with Crippen LogP contribution in [0.2, 0.25) is 0 Å². The maximum atomic E-state index is 11.4. The van der Waals surface area contributed by atoms with Gasteiger partial charge in [0.1, 0.15) is 0 Å². The van der Waals surface area contributed by atoms with Crippen LogP contribution in [0.3, 0.4) is 0 Å². The lowest BCUT2D eigenvalue weighted by molar-refractivity contribution is -0.125. The van der Waals surface area contributed by atoms with Gasteiger partial charge in [-0.05, 0) is 38.9 Å². The van der Waals surface area contributed by atoms with E-state index in [0.29, 0.717) is 6.04 Å². The molecule has 3 N–H and O–H groups in total. The first-order valence-corrected chi connectivity index (χ1v) is 7.17. The van der Waals surface area contributed by atoms with Gasteiger partial charge in [-0.25, -0.2) is 5.84 Å². The van der Waals surface area contributed by atoms with Crippen LogP contribution in [0, 0.1) is 5.92 Å². The Kier molecular flexibility index (Phi) is 4.97. The fourth-order valence-corrected chi connectivity index (χ4v) is 3.17. The number of hydrogen-bond acceptors (Lipinski definition) is 4. The molecule has 2 unspecified atom stereocenters. The van der Waals surface area contributed by atoms with Crippen molar-refractivity contribution in [3.8, 4) is 0 Å². The van der Waals surface area contributed by atoms with Gasteiger partial charge in [-0.2, -0.15) is 0 Å². The van der Waals surface area contributed by atoms with Crippen LogP contribution in [0.5, 0.6) is 0 Å². The number of nitrogens with one attached hydrogen (secondary N) is 1. The van der Waals surface area contributed by atoms with Crippen LogP contribution < -0.4 is 11.3 Å². The Hall–Kier alpha value is -0.650. The van der Waals surface area contributed by atoms with E-state index in [2.05, 4.69) is 15.2 Å². The lowest BCUT2D eigenvalue weighted by Gasteiger charge is -2.32. The summed E-state index contributed by atoms with van der Waals surface area (Å²) in [6.45, 7) is 7.52. The Bertz CT molecular complexity index is 278. The third-order valence-corrected chi connectivity index (χ3v) is 4.28. The molecule has 0 saturated carbocycles. The molecule has 104 valence electrons. The second kappa shape index (κ2) is 6.50. The maximum Gasteiger partial charge on any atom is 0.237 e. The number of amides is 1. The quantitative estimate of drug-likeness (QED) is 0.427. The van der Waals surface area contributed by atoms with Crippen molar-refractivity contribution in [1.29, 1.82) is 0 Å². The molecule has 1 amide bonds. The van der Waals surface area contributed by atoms with E-state index in [1.54, 1.807) is 0 Å². The highest BCUT2D eigenvalue weighted by atomic mass is 16.2. The average Bonchev–Trinajstić information content (AvgIpc) is 2.87. The predicted molar refractivity (Wildman–Crippen MR) is 71.8 cm³/mol. The first-order chi connectivity index (χ1) is 8.70. The maximum absolute atomic E-state index is 11.4. The summed E-state index contributed by atoms with van der Waals surface area (Å²) >= 11 is 0. The van der Waals surface area contributed by atoms with Crippen LogP contribution in [-0.2, 0) is 4.79 Å². The molecule has 0 spiro atoms. The molecule has 0 bridgehead atoms. The molecular weight excluding hydrogens is 228 g/mol. The van der Waals surface area contributed by atoms with Crippen molar-refractivity contribution >= 4 is 5.91 Å². The van der Waals surface area contributed by atoms with Gasteiger partial charge in [0.2, 0.25) is 5.91 Å². The normalized spacial score (nSPS) is 28.2. The van der Waals surface area contributed by atoms with E-state index in [4.69, 9.17) is 5.84 Å². The Morgan fingerprint density at radius 3 is 2.72 bits per heavy atom. The van der Waals surface area contributed by atoms with Crippen molar-refractivity contribution in [3.05, 3.63) is 0 Å². The van der Waals surface area contributed by atoms with Gasteiger partial charge in [-0.15, -0.1) is 0 Å². The molecule has 2 atom stereocenters. The SMILES string of the molecule is CC(CN1CCC(N2CCCCC2)C1)C(=O)NN. The summed E-state index contributed by atoms with van der Waals surface area (Å²) < 4.78 is 0. The molecule has 0 aliphatic carbocycles. The van der Waals surface area contributed by atoms with Crippen LogP contribution in [0.15, 0.2) is 0 Å². The van der Waals surface area contributed by atoms with Gasteiger partial charge >= 0.3 is 0 Å². The molecule has 5 nitrogen and oxygen atoms in total. The average molecular weight is 254 g/mol. The Balaban J connectivity index is 1.75. The van der Waals surface area contributed by atoms with Crippen molar-refractivity contribution in [2.75, 3.05) is 32.7 Å². The van der Waals surface area contributed by atoms with E-state index >= 15 is 0 Å². The molecule has 18 heavy (non-hydrogen) atoms. The summed E-state index contributed by atoms with van der Waals surface area (Å²) in [5, 5.41) is 0. The molecule has 0 aromatic rings. The Morgan fingerprint density at radius 2 is 2.06 bits per heavy atom. The third-order valence-electron chi connectivity index (χ3n) is 4.28. The van der Waals surface area contributed by atoms with Crippen LogP contribution >= 0.6 is 0 Å². The largest absolute Gasteiger partial charge is 0.301 e. The summed E-state index contributed by atoms with van der Waals surface area (Å²) in [7, 11) is 0. The molecule has 2 heterocycles. The van der Waals surface area contributed by atoms with Gasteiger partial charge in [0, 0.05) is 25.0 Å². The van der Waals surface area contributed by atoms with E-state index in [1.807, 2.05) is 6.92 Å². The number of hydrogen-bond donors (Lipinski definition) is 2. The summed E-state index contributed by atoms with van der Waals surface area (Å²) in [6.07, 6.45) is 5.34. The molecule has 0 aromatic carbocycles. The lowest BCUT2D eigenvalue weighted by atomic mass is 10.1. The van der Waals surface area contributed by atoms with E-state index in [0.717, 1.165) is 19.6 Å². The van der Waals surface area contributed by atoms with Crippen molar-refractivity contribution in [2.45, 2.75) is 38.6 Å². The minimum atomic E-state index is -0.0589. The smallest absolute Gasteiger partial charge is 0.237 e. The number of rotatable bonds is 4. The highest BCUT2D eigenvalue weighted by Crippen LogP contribution is 2.20. The topological polar surface area (TPSA) is 61.6 Å². The monoisotopic (exact) mass is 254 g/mol. The van der Waals surface area contributed by atoms with Crippen molar-refractivity contribution < 1.29 is 4.79 Å². The standard InChI is InChI=1S/C13H26N4O/c1-11(13(18)15-14)9-16-8-5-12(10-16)17-6-3-2-4-7-17/h11-12H,2-10,14H2,1H3,(H,15,18). The minimum absolute atomic E-state index is 0.0184. The molecule has 5 heteroatoms. The minimum Gasteiger partial charge on any atom is -0.301 e. The van der Waals surface area contributed by atoms with Gasteiger partial charge in [0.25, 0.3) is 0 Å². The fraction of sp³-hybridized carbons (Fsp3) is 0.923. The van der Waals surface area contributed by atoms with Gasteiger partial charge in [0.05, 0.1) is 0 Å². The zero-order valence-electron chi connectivity index (χ0n) is 11.4. The molecule has 2 saturated heterocycles. The zero-order valence-corrected chi connectivity index (χ0v) is 11.4. The molecule has 2 fully saturated rings. The van der Waals surface area contributed by atoms with E-state index in [1.165, 1.54) is 38.8 Å². The number of carbonyl (C=O) groups is 1. The second-order valence-corrected chi connectivity index (χ2v) is 5.71. The highest BCUT2D eigenvalue weighted by Gasteiger charge is 2.29. The number of carbonyl (C=O) groups excluding carboxylic acids is 1. The number of likely N-dealkylation sites (tertiary alicyclic amines) is 2. The first-order valence-electron chi connectivity index (χ1n) is 7.17. The Morgan fingerprint density at radius 1 is 1.33 bits per heavy atom. The van der Waals surface area contributed by atoms with Crippen LogP contribution in [-0.4, -0.2) is 54.5 Å². The summed E-state index contributed by atoms with van der Waals surface area (Å²) in [5.74, 6) is 5.09. The van der Waals surface area contributed by atoms with E-state index < -0.39 is 0 Å². The molecule has 2 aliphatic rings. The predicted octanol–water partition coefficient (Wildman–Crippen LogP) is 0.173. The van der Waals surface area contributed by atoms with E-state index in [9.17, 15) is 4.79 Å². The lowest BCUT2D eigenvalue weighted by Crippen LogP contribution is -2.43. The molecule has 2 rings (SSSR count). The van der Waals surface area contributed by atoms with Gasteiger partial charge in [0.15, 0.2) is 0 Å². The molecule has 2 aliphatic heterocycles. The third kappa shape index (κ3) is 3.43. The van der Waals surface area contributed by atoms with Crippen LogP contribution in [0.1, 0.15) is 32.6 Å². The van der Waals surface area contributed by atoms with Crippen LogP contribution in [0.4, 0.5) is 0 Å². The summed E-state index contributed by atoms with van der Waals surface area (Å²) in [4.78, 5) is 16.4. The summed E-state index contributed by atoms with van der Waals surface area (Å²) in [6, 6.07) is 0.707.